The van der Waals surface area contributed by atoms with Gasteiger partial charge in [0.15, 0.2) is 0 Å². The van der Waals surface area contributed by atoms with Crippen molar-refractivity contribution in [3.63, 3.8) is 0 Å². The third-order valence-electron chi connectivity index (χ3n) is 3.74. The van der Waals surface area contributed by atoms with E-state index in [9.17, 15) is 14.7 Å². The molecule has 7 heteroatoms. The van der Waals surface area contributed by atoms with Crippen LogP contribution in [0.5, 0.6) is 0 Å². The normalized spacial score (nSPS) is 12.0. The van der Waals surface area contributed by atoms with Crippen molar-refractivity contribution in [2.45, 2.75) is 19.4 Å². The number of nitrogens with zero attached hydrogens (tertiary/aromatic N) is 2. The van der Waals surface area contributed by atoms with Gasteiger partial charge in [0.2, 0.25) is 0 Å². The average Bonchev–Trinajstić information content (AvgIpc) is 2.97. The number of amides is 1. The van der Waals surface area contributed by atoms with Crippen molar-refractivity contribution in [1.82, 2.24) is 20.3 Å². The molecule has 1 aromatic carbocycles. The van der Waals surface area contributed by atoms with E-state index in [1.165, 1.54) is 12.4 Å². The molecule has 0 fully saturated rings. The first kappa shape index (κ1) is 15.7. The van der Waals surface area contributed by atoms with Gasteiger partial charge < -0.3 is 15.4 Å². The van der Waals surface area contributed by atoms with Crippen LogP contribution in [-0.4, -0.2) is 38.0 Å². The first-order valence-corrected chi connectivity index (χ1v) is 7.42. The standard InChI is InChI=1S/C17H16N4O3/c1-10-6-14(20-9-19-10)16(22)21-15(17(23)24)7-11-8-18-13-5-3-2-4-12(11)13/h2-6,8-9,15,18H,7H2,1H3,(H,21,22)(H,23,24)/t15-/m0/s1. The topological polar surface area (TPSA) is 108 Å². The van der Waals surface area contributed by atoms with Crippen molar-refractivity contribution >= 4 is 22.8 Å². The molecule has 3 N–H and O–H groups in total. The average molecular weight is 324 g/mol. The summed E-state index contributed by atoms with van der Waals surface area (Å²) in [6, 6.07) is 8.08. The lowest BCUT2D eigenvalue weighted by Crippen LogP contribution is -2.42. The van der Waals surface area contributed by atoms with Gasteiger partial charge in [-0.2, -0.15) is 0 Å². The fourth-order valence-electron chi connectivity index (χ4n) is 2.53. The number of hydrogen-bond acceptors (Lipinski definition) is 4. The number of carbonyl (C=O) groups excluding carboxylic acids is 1. The molecule has 3 rings (SSSR count). The van der Waals surface area contributed by atoms with E-state index < -0.39 is 17.9 Å². The Hall–Kier alpha value is -3.22. The van der Waals surface area contributed by atoms with Crippen LogP contribution in [-0.2, 0) is 11.2 Å². The van der Waals surface area contributed by atoms with Crippen LogP contribution in [0.1, 0.15) is 21.7 Å². The van der Waals surface area contributed by atoms with Crippen LogP contribution in [0.15, 0.2) is 42.9 Å². The van der Waals surface area contributed by atoms with Gasteiger partial charge in [-0.15, -0.1) is 0 Å². The summed E-state index contributed by atoms with van der Waals surface area (Å²) in [5.74, 6) is -1.63. The van der Waals surface area contributed by atoms with E-state index in [0.29, 0.717) is 5.69 Å². The maximum Gasteiger partial charge on any atom is 0.326 e. The minimum atomic E-state index is -1.10. The molecule has 0 spiro atoms. The van der Waals surface area contributed by atoms with Crippen LogP contribution in [0, 0.1) is 6.92 Å². The monoisotopic (exact) mass is 324 g/mol. The second-order valence-electron chi connectivity index (χ2n) is 5.47. The summed E-state index contributed by atoms with van der Waals surface area (Å²) in [5.41, 5.74) is 2.54. The highest BCUT2D eigenvalue weighted by Gasteiger charge is 2.23. The Morgan fingerprint density at radius 3 is 2.83 bits per heavy atom. The van der Waals surface area contributed by atoms with E-state index in [1.54, 1.807) is 13.1 Å². The lowest BCUT2D eigenvalue weighted by atomic mass is 10.0. The van der Waals surface area contributed by atoms with Gasteiger partial charge in [-0.25, -0.2) is 14.8 Å². The molecule has 2 heterocycles. The zero-order valence-corrected chi connectivity index (χ0v) is 13.0. The molecule has 2 aromatic heterocycles. The van der Waals surface area contributed by atoms with E-state index in [2.05, 4.69) is 20.3 Å². The molecule has 7 nitrogen and oxygen atoms in total. The number of aliphatic carboxylic acids is 1. The number of carboxylic acids is 1. The number of fused-ring (bicyclic) bond motifs is 1. The summed E-state index contributed by atoms with van der Waals surface area (Å²) in [5, 5.41) is 12.9. The Balaban J connectivity index is 1.80. The van der Waals surface area contributed by atoms with Crippen molar-refractivity contribution < 1.29 is 14.7 Å². The number of benzene rings is 1. The number of H-pyrrole nitrogens is 1. The molecule has 122 valence electrons. The van der Waals surface area contributed by atoms with E-state index in [4.69, 9.17) is 0 Å². The Bertz CT molecular complexity index is 903. The maximum absolute atomic E-state index is 12.2. The van der Waals surface area contributed by atoms with Crippen LogP contribution in [0.3, 0.4) is 0 Å². The third-order valence-corrected chi connectivity index (χ3v) is 3.74. The number of rotatable bonds is 5. The van der Waals surface area contributed by atoms with Crippen LogP contribution < -0.4 is 5.32 Å². The van der Waals surface area contributed by atoms with Crippen molar-refractivity contribution in [2.75, 3.05) is 0 Å². The fraction of sp³-hybridized carbons (Fsp3) is 0.176. The van der Waals surface area contributed by atoms with Crippen molar-refractivity contribution in [3.05, 3.63) is 59.8 Å². The molecule has 0 radical (unpaired) electrons. The maximum atomic E-state index is 12.2. The molecule has 0 saturated carbocycles. The Labute approximate surface area is 137 Å². The highest BCUT2D eigenvalue weighted by molar-refractivity contribution is 5.95. The van der Waals surface area contributed by atoms with Gasteiger partial charge in [-0.1, -0.05) is 18.2 Å². The van der Waals surface area contributed by atoms with Crippen LogP contribution in [0.2, 0.25) is 0 Å². The minimum absolute atomic E-state index is 0.146. The molecule has 24 heavy (non-hydrogen) atoms. The van der Waals surface area contributed by atoms with Crippen molar-refractivity contribution in [2.24, 2.45) is 0 Å². The van der Waals surface area contributed by atoms with Crippen LogP contribution >= 0.6 is 0 Å². The largest absolute Gasteiger partial charge is 0.480 e. The lowest BCUT2D eigenvalue weighted by Gasteiger charge is -2.14. The number of para-hydroxylation sites is 1. The molecule has 1 atom stereocenters. The summed E-state index contributed by atoms with van der Waals surface area (Å²) in [7, 11) is 0. The van der Waals surface area contributed by atoms with E-state index in [1.807, 2.05) is 24.3 Å². The van der Waals surface area contributed by atoms with E-state index in [-0.39, 0.29) is 12.1 Å². The molecular formula is C17H16N4O3. The molecule has 1 amide bonds. The molecule has 0 aliphatic carbocycles. The van der Waals surface area contributed by atoms with E-state index >= 15 is 0 Å². The summed E-state index contributed by atoms with van der Waals surface area (Å²) >= 11 is 0. The van der Waals surface area contributed by atoms with Gasteiger partial charge in [0.05, 0.1) is 0 Å². The van der Waals surface area contributed by atoms with Crippen molar-refractivity contribution in [3.8, 4) is 0 Å². The Morgan fingerprint density at radius 1 is 1.29 bits per heavy atom. The Morgan fingerprint density at radius 2 is 2.08 bits per heavy atom. The fourth-order valence-corrected chi connectivity index (χ4v) is 2.53. The number of hydrogen-bond donors (Lipinski definition) is 3. The highest BCUT2D eigenvalue weighted by atomic mass is 16.4. The van der Waals surface area contributed by atoms with Gasteiger partial charge in [0.25, 0.3) is 5.91 Å². The summed E-state index contributed by atoms with van der Waals surface area (Å²) in [4.78, 5) is 34.7. The van der Waals surface area contributed by atoms with Gasteiger partial charge >= 0.3 is 5.97 Å². The molecule has 0 aliphatic heterocycles. The summed E-state index contributed by atoms with van der Waals surface area (Å²) < 4.78 is 0. The molecule has 0 unspecified atom stereocenters. The molecule has 0 bridgehead atoms. The van der Waals surface area contributed by atoms with Gasteiger partial charge in [0, 0.05) is 29.2 Å². The lowest BCUT2D eigenvalue weighted by molar-refractivity contribution is -0.139. The summed E-state index contributed by atoms with van der Waals surface area (Å²) in [6.45, 7) is 1.74. The number of aromatic amines is 1. The zero-order chi connectivity index (χ0) is 17.1. The second-order valence-corrected chi connectivity index (χ2v) is 5.47. The predicted molar refractivity (Wildman–Crippen MR) is 87.7 cm³/mol. The van der Waals surface area contributed by atoms with Crippen molar-refractivity contribution in [1.29, 1.82) is 0 Å². The second kappa shape index (κ2) is 6.49. The van der Waals surface area contributed by atoms with Gasteiger partial charge in [-0.3, -0.25) is 4.79 Å². The molecule has 3 aromatic rings. The molecule has 0 saturated heterocycles. The quantitative estimate of drug-likeness (QED) is 0.662. The van der Waals surface area contributed by atoms with Gasteiger partial charge in [-0.05, 0) is 24.6 Å². The smallest absolute Gasteiger partial charge is 0.326 e. The molecule has 0 aliphatic rings. The van der Waals surface area contributed by atoms with E-state index in [0.717, 1.165) is 16.5 Å². The third kappa shape index (κ3) is 3.24. The van der Waals surface area contributed by atoms with Crippen LogP contribution in [0.4, 0.5) is 0 Å². The summed E-state index contributed by atoms with van der Waals surface area (Å²) in [6.07, 6.45) is 3.22. The SMILES string of the molecule is Cc1cc(C(=O)N[C@@H](Cc2c[nH]c3ccccc23)C(=O)O)ncn1. The Kier molecular flexibility index (Phi) is 4.24. The van der Waals surface area contributed by atoms with Gasteiger partial charge in [0.1, 0.15) is 18.1 Å². The van der Waals surface area contributed by atoms with Crippen LogP contribution in [0.25, 0.3) is 10.9 Å². The highest BCUT2D eigenvalue weighted by Crippen LogP contribution is 2.19. The minimum Gasteiger partial charge on any atom is -0.480 e. The first-order valence-electron chi connectivity index (χ1n) is 7.42. The first-order chi connectivity index (χ1) is 11.5. The number of nitrogens with one attached hydrogen (secondary N) is 2. The zero-order valence-electron chi connectivity index (χ0n) is 13.0. The number of carboxylic acid groups (broad SMARTS) is 1. The number of carbonyl (C=O) groups is 2. The number of aryl methyl sites for hydroxylation is 1. The predicted octanol–water partition coefficient (Wildman–Crippen LogP) is 1.69. The molecular weight excluding hydrogens is 308 g/mol. The number of aromatic nitrogens is 3.